The smallest absolute Gasteiger partial charge is 0.245 e. The van der Waals surface area contributed by atoms with Gasteiger partial charge in [0.2, 0.25) is 5.91 Å². The van der Waals surface area contributed by atoms with E-state index in [0.717, 1.165) is 24.7 Å². The van der Waals surface area contributed by atoms with Crippen LogP contribution in [-0.4, -0.2) is 18.6 Å². The summed E-state index contributed by atoms with van der Waals surface area (Å²) in [5.74, 6) is 1.02. The highest BCUT2D eigenvalue weighted by molar-refractivity contribution is 5.74. The Morgan fingerprint density at radius 1 is 1.36 bits per heavy atom. The summed E-state index contributed by atoms with van der Waals surface area (Å²) in [6.45, 7) is 4.45. The lowest BCUT2D eigenvalue weighted by atomic mass is 9.81. The number of amides is 1. The number of nitrogens with one attached hydrogen (secondary N) is 1. The molecule has 0 heterocycles. The Morgan fingerprint density at radius 2 is 1.93 bits per heavy atom. The van der Waals surface area contributed by atoms with Crippen LogP contribution in [0.1, 0.15) is 33.1 Å². The minimum atomic E-state index is -0.436. The van der Waals surface area contributed by atoms with E-state index in [1.807, 2.05) is 0 Å². The number of rotatable bonds is 4. The van der Waals surface area contributed by atoms with E-state index in [1.165, 1.54) is 6.42 Å². The van der Waals surface area contributed by atoms with Gasteiger partial charge in [0, 0.05) is 6.04 Å². The summed E-state index contributed by atoms with van der Waals surface area (Å²) in [5.41, 5.74) is 7.87. The monoisotopic (exact) mass is 200 g/mol. The fourth-order valence-electron chi connectivity index (χ4n) is 2.27. The molecule has 1 saturated carbocycles. The van der Waals surface area contributed by atoms with Crippen molar-refractivity contribution in [2.75, 3.05) is 6.61 Å². The second-order valence-corrected chi connectivity index (χ2v) is 4.49. The van der Waals surface area contributed by atoms with Crippen molar-refractivity contribution >= 4 is 5.91 Å². The van der Waals surface area contributed by atoms with Gasteiger partial charge in [0.1, 0.15) is 6.61 Å². The first kappa shape index (κ1) is 11.5. The maximum Gasteiger partial charge on any atom is 0.245 e. The van der Waals surface area contributed by atoms with E-state index in [4.69, 9.17) is 10.6 Å². The minimum Gasteiger partial charge on any atom is -0.368 e. The third-order valence-corrected chi connectivity index (χ3v) is 2.64. The zero-order valence-corrected chi connectivity index (χ0v) is 8.95. The molecule has 14 heavy (non-hydrogen) atoms. The van der Waals surface area contributed by atoms with Crippen LogP contribution in [0.15, 0.2) is 0 Å². The number of hydrogen-bond acceptors (Lipinski definition) is 3. The van der Waals surface area contributed by atoms with E-state index < -0.39 is 5.91 Å². The second-order valence-electron chi connectivity index (χ2n) is 4.49. The van der Waals surface area contributed by atoms with Crippen LogP contribution in [0.4, 0.5) is 0 Å². The molecule has 0 radical (unpaired) electrons. The van der Waals surface area contributed by atoms with E-state index >= 15 is 0 Å². The molecule has 0 aromatic carbocycles. The van der Waals surface area contributed by atoms with Gasteiger partial charge in [-0.2, -0.15) is 5.48 Å². The van der Waals surface area contributed by atoms with Gasteiger partial charge in [0.15, 0.2) is 0 Å². The lowest BCUT2D eigenvalue weighted by Crippen LogP contribution is -2.38. The Balaban J connectivity index is 2.20. The highest BCUT2D eigenvalue weighted by atomic mass is 16.6. The van der Waals surface area contributed by atoms with Gasteiger partial charge in [0.05, 0.1) is 0 Å². The first-order valence-electron chi connectivity index (χ1n) is 5.23. The molecule has 0 aliphatic heterocycles. The summed E-state index contributed by atoms with van der Waals surface area (Å²) < 4.78 is 0. The van der Waals surface area contributed by atoms with Crippen molar-refractivity contribution in [2.24, 2.45) is 17.6 Å². The maximum atomic E-state index is 10.4. The Bertz CT molecular complexity index is 187. The summed E-state index contributed by atoms with van der Waals surface area (Å²) in [4.78, 5) is 15.4. The second kappa shape index (κ2) is 5.32. The van der Waals surface area contributed by atoms with Crippen molar-refractivity contribution in [3.8, 4) is 0 Å². The number of carbonyl (C=O) groups excluding carboxylic acids is 1. The van der Waals surface area contributed by atoms with E-state index in [-0.39, 0.29) is 6.61 Å². The Kier molecular flexibility index (Phi) is 4.35. The molecule has 2 unspecified atom stereocenters. The number of hydroxylamine groups is 1. The van der Waals surface area contributed by atoms with Gasteiger partial charge in [-0.25, -0.2) is 0 Å². The van der Waals surface area contributed by atoms with Crippen LogP contribution in [-0.2, 0) is 9.63 Å². The highest BCUT2D eigenvalue weighted by Crippen LogP contribution is 2.28. The molecule has 1 aliphatic carbocycles. The van der Waals surface area contributed by atoms with Crippen LogP contribution in [0, 0.1) is 11.8 Å². The Morgan fingerprint density at radius 3 is 2.43 bits per heavy atom. The number of carbonyl (C=O) groups is 1. The topological polar surface area (TPSA) is 64.3 Å². The van der Waals surface area contributed by atoms with Crippen LogP contribution in [0.3, 0.4) is 0 Å². The first-order valence-corrected chi connectivity index (χ1v) is 5.23. The number of primary amides is 1. The van der Waals surface area contributed by atoms with Crippen LogP contribution in [0.5, 0.6) is 0 Å². The summed E-state index contributed by atoms with van der Waals surface area (Å²) in [5, 5.41) is 0. The summed E-state index contributed by atoms with van der Waals surface area (Å²) in [6.07, 6.45) is 3.51. The minimum absolute atomic E-state index is 0.0424. The average molecular weight is 200 g/mol. The van der Waals surface area contributed by atoms with E-state index in [9.17, 15) is 4.79 Å². The SMILES string of the molecule is CC1CC(C)CC(NOCC(N)=O)C1. The average Bonchev–Trinajstić information content (AvgIpc) is 2.01. The molecule has 0 spiro atoms. The maximum absolute atomic E-state index is 10.4. The molecule has 4 heteroatoms. The van der Waals surface area contributed by atoms with Gasteiger partial charge >= 0.3 is 0 Å². The first-order chi connectivity index (χ1) is 6.58. The predicted molar refractivity (Wildman–Crippen MR) is 54.2 cm³/mol. The van der Waals surface area contributed by atoms with Gasteiger partial charge in [0.25, 0.3) is 0 Å². The van der Waals surface area contributed by atoms with Crippen molar-refractivity contribution in [3.05, 3.63) is 0 Å². The lowest BCUT2D eigenvalue weighted by molar-refractivity contribution is -0.126. The number of hydrogen-bond donors (Lipinski definition) is 2. The van der Waals surface area contributed by atoms with E-state index in [1.54, 1.807) is 0 Å². The van der Waals surface area contributed by atoms with Crippen molar-refractivity contribution in [1.82, 2.24) is 5.48 Å². The van der Waals surface area contributed by atoms with Gasteiger partial charge in [-0.15, -0.1) is 0 Å². The molecule has 0 saturated heterocycles. The fourth-order valence-corrected chi connectivity index (χ4v) is 2.27. The van der Waals surface area contributed by atoms with Crippen molar-refractivity contribution in [1.29, 1.82) is 0 Å². The van der Waals surface area contributed by atoms with Gasteiger partial charge < -0.3 is 5.73 Å². The van der Waals surface area contributed by atoms with Crippen molar-refractivity contribution < 1.29 is 9.63 Å². The lowest BCUT2D eigenvalue weighted by Gasteiger charge is -2.31. The van der Waals surface area contributed by atoms with Crippen LogP contribution in [0.2, 0.25) is 0 Å². The summed E-state index contributed by atoms with van der Waals surface area (Å²) >= 11 is 0. The quantitative estimate of drug-likeness (QED) is 0.660. The molecular weight excluding hydrogens is 180 g/mol. The number of nitrogens with two attached hydrogens (primary N) is 1. The van der Waals surface area contributed by atoms with E-state index in [2.05, 4.69) is 19.3 Å². The predicted octanol–water partition coefficient (Wildman–Crippen LogP) is 0.818. The zero-order chi connectivity index (χ0) is 10.6. The van der Waals surface area contributed by atoms with E-state index in [0.29, 0.717) is 6.04 Å². The molecule has 0 aromatic heterocycles. The Labute approximate surface area is 85.1 Å². The standard InChI is InChI=1S/C10H20N2O2/c1-7-3-8(2)5-9(4-7)12-14-6-10(11)13/h7-9,12H,3-6H2,1-2H3,(H2,11,13). The molecule has 1 rings (SSSR count). The molecule has 0 aromatic rings. The molecule has 82 valence electrons. The van der Waals surface area contributed by atoms with Crippen molar-refractivity contribution in [2.45, 2.75) is 39.2 Å². The van der Waals surface area contributed by atoms with Gasteiger partial charge in [-0.3, -0.25) is 9.63 Å². The fraction of sp³-hybridized carbons (Fsp3) is 0.900. The van der Waals surface area contributed by atoms with Gasteiger partial charge in [-0.05, 0) is 31.1 Å². The molecule has 2 atom stereocenters. The zero-order valence-electron chi connectivity index (χ0n) is 8.95. The van der Waals surface area contributed by atoms with Crippen molar-refractivity contribution in [3.63, 3.8) is 0 Å². The normalized spacial score (nSPS) is 32.9. The Hall–Kier alpha value is -0.610. The van der Waals surface area contributed by atoms with Crippen LogP contribution >= 0.6 is 0 Å². The third-order valence-electron chi connectivity index (χ3n) is 2.64. The molecule has 4 nitrogen and oxygen atoms in total. The molecule has 1 amide bonds. The molecule has 3 N–H and O–H groups in total. The summed E-state index contributed by atoms with van der Waals surface area (Å²) in [7, 11) is 0. The highest BCUT2D eigenvalue weighted by Gasteiger charge is 2.23. The third kappa shape index (κ3) is 4.07. The molecule has 1 aliphatic rings. The van der Waals surface area contributed by atoms with Crippen LogP contribution < -0.4 is 11.2 Å². The van der Waals surface area contributed by atoms with Crippen LogP contribution in [0.25, 0.3) is 0 Å². The molecule has 1 fully saturated rings. The van der Waals surface area contributed by atoms with Gasteiger partial charge in [-0.1, -0.05) is 13.8 Å². The molecule has 0 bridgehead atoms. The molecular formula is C10H20N2O2. The summed E-state index contributed by atoms with van der Waals surface area (Å²) in [6, 6.07) is 0.369. The largest absolute Gasteiger partial charge is 0.368 e.